The van der Waals surface area contributed by atoms with Crippen molar-refractivity contribution in [2.45, 2.75) is 37.9 Å². The highest BCUT2D eigenvalue weighted by atomic mass is 32.2. The number of rotatable bonds is 6. The summed E-state index contributed by atoms with van der Waals surface area (Å²) in [5.41, 5.74) is 0. The Bertz CT molecular complexity index is 221. The molecule has 0 aromatic heterocycles. The van der Waals surface area contributed by atoms with Crippen molar-refractivity contribution in [3.05, 3.63) is 12.7 Å². The average Bonchev–Trinajstić information content (AvgIpc) is 1.95. The third-order valence-electron chi connectivity index (χ3n) is 1.75. The van der Waals surface area contributed by atoms with Gasteiger partial charge in [0.1, 0.15) is 0 Å². The van der Waals surface area contributed by atoms with Crippen molar-refractivity contribution in [2.75, 3.05) is 0 Å². The van der Waals surface area contributed by atoms with E-state index in [1.54, 1.807) is 6.08 Å². The Balaban J connectivity index is 4.14. The van der Waals surface area contributed by atoms with Crippen LogP contribution in [-0.4, -0.2) is 13.7 Å². The molecule has 0 rings (SSSR count). The van der Waals surface area contributed by atoms with Crippen molar-refractivity contribution in [1.29, 1.82) is 0 Å². The van der Waals surface area contributed by atoms with Crippen LogP contribution < -0.4 is 5.14 Å². The minimum absolute atomic E-state index is 0.395. The molecule has 1 unspecified atom stereocenters. The van der Waals surface area contributed by atoms with Gasteiger partial charge in [-0.2, -0.15) is 0 Å². The first-order chi connectivity index (χ1) is 5.52. The van der Waals surface area contributed by atoms with Crippen molar-refractivity contribution in [2.24, 2.45) is 0 Å². The van der Waals surface area contributed by atoms with E-state index in [-0.39, 0.29) is 0 Å². The molecule has 0 aliphatic carbocycles. The van der Waals surface area contributed by atoms with Crippen LogP contribution >= 0.6 is 0 Å². The summed E-state index contributed by atoms with van der Waals surface area (Å²) in [6.45, 7) is 5.48. The highest BCUT2D eigenvalue weighted by Gasteiger charge is 2.19. The zero-order valence-corrected chi connectivity index (χ0v) is 8.23. The molecule has 0 saturated heterocycles. The first-order valence-corrected chi connectivity index (χ1v) is 5.66. The second-order valence-electron chi connectivity index (χ2n) is 2.83. The molecule has 1 atom stereocenters. The van der Waals surface area contributed by atoms with E-state index < -0.39 is 15.3 Å². The van der Waals surface area contributed by atoms with Gasteiger partial charge in [-0.1, -0.05) is 25.8 Å². The van der Waals surface area contributed by atoms with E-state index in [0.29, 0.717) is 12.8 Å². The normalized spacial score (nSPS) is 14.2. The molecule has 0 heterocycles. The second-order valence-corrected chi connectivity index (χ2v) is 4.59. The van der Waals surface area contributed by atoms with Crippen molar-refractivity contribution in [3.63, 3.8) is 0 Å². The van der Waals surface area contributed by atoms with Gasteiger partial charge >= 0.3 is 0 Å². The third kappa shape index (κ3) is 4.51. The largest absolute Gasteiger partial charge is 0.228 e. The molecule has 0 bridgehead atoms. The van der Waals surface area contributed by atoms with Gasteiger partial charge < -0.3 is 0 Å². The summed E-state index contributed by atoms with van der Waals surface area (Å²) >= 11 is 0. The standard InChI is InChI=1S/C8H16NO2S/c1-3-5-7-8(6-4-2)12(9,10)11/h4,8-9H,2-3,5-7H2,1H3. The minimum atomic E-state index is -3.62. The van der Waals surface area contributed by atoms with Crippen LogP contribution in [0.25, 0.3) is 0 Å². The minimum Gasteiger partial charge on any atom is -0.211 e. The van der Waals surface area contributed by atoms with Gasteiger partial charge in [-0.05, 0) is 12.8 Å². The van der Waals surface area contributed by atoms with Crippen LogP contribution in [0.5, 0.6) is 0 Å². The molecule has 0 fully saturated rings. The van der Waals surface area contributed by atoms with Crippen LogP contribution in [0.15, 0.2) is 12.7 Å². The monoisotopic (exact) mass is 190 g/mol. The maximum absolute atomic E-state index is 10.8. The molecule has 0 aromatic carbocycles. The summed E-state index contributed by atoms with van der Waals surface area (Å²) in [6.07, 6.45) is 4.35. The fourth-order valence-corrected chi connectivity index (χ4v) is 1.88. The summed E-state index contributed by atoms with van der Waals surface area (Å²) in [5, 5.41) is 6.35. The molecule has 0 aliphatic heterocycles. The van der Waals surface area contributed by atoms with Crippen LogP contribution in [-0.2, 0) is 10.0 Å². The molecule has 0 aliphatic rings. The Hall–Kier alpha value is -0.350. The SMILES string of the molecule is C=CCC(CCCC)S([NH])(=O)=O. The van der Waals surface area contributed by atoms with Crippen LogP contribution in [0, 0.1) is 0 Å². The number of hydrogen-bond donors (Lipinski definition) is 0. The summed E-state index contributed by atoms with van der Waals surface area (Å²) < 4.78 is 21.7. The summed E-state index contributed by atoms with van der Waals surface area (Å²) in [5.74, 6) is 0. The van der Waals surface area contributed by atoms with Crippen LogP contribution in [0.2, 0.25) is 0 Å². The summed E-state index contributed by atoms with van der Waals surface area (Å²) in [7, 11) is -3.62. The van der Waals surface area contributed by atoms with E-state index in [2.05, 4.69) is 6.58 Å². The average molecular weight is 190 g/mol. The number of sulfonamides is 1. The highest BCUT2D eigenvalue weighted by Crippen LogP contribution is 2.12. The predicted octanol–water partition coefficient (Wildman–Crippen LogP) is 1.73. The van der Waals surface area contributed by atoms with Gasteiger partial charge in [-0.15, -0.1) is 11.7 Å². The zero-order valence-electron chi connectivity index (χ0n) is 7.41. The van der Waals surface area contributed by atoms with E-state index in [1.165, 1.54) is 0 Å². The summed E-state index contributed by atoms with van der Waals surface area (Å²) in [6, 6.07) is 0. The molecule has 71 valence electrons. The molecule has 0 amide bonds. The van der Waals surface area contributed by atoms with Crippen molar-refractivity contribution >= 4 is 10.0 Å². The molecule has 0 aromatic rings. The van der Waals surface area contributed by atoms with Gasteiger partial charge in [0.2, 0.25) is 10.0 Å². The van der Waals surface area contributed by atoms with E-state index in [4.69, 9.17) is 5.14 Å². The Morgan fingerprint density at radius 3 is 2.50 bits per heavy atom. The van der Waals surface area contributed by atoms with E-state index in [1.807, 2.05) is 6.92 Å². The van der Waals surface area contributed by atoms with Gasteiger partial charge in [0.15, 0.2) is 0 Å². The summed E-state index contributed by atoms with van der Waals surface area (Å²) in [4.78, 5) is 0. The molecular weight excluding hydrogens is 174 g/mol. The van der Waals surface area contributed by atoms with E-state index in [9.17, 15) is 8.42 Å². The Morgan fingerprint density at radius 2 is 2.17 bits per heavy atom. The van der Waals surface area contributed by atoms with Crippen LogP contribution in [0.3, 0.4) is 0 Å². The van der Waals surface area contributed by atoms with Gasteiger partial charge in [0.05, 0.1) is 5.25 Å². The van der Waals surface area contributed by atoms with E-state index in [0.717, 1.165) is 12.8 Å². The highest BCUT2D eigenvalue weighted by molar-refractivity contribution is 7.89. The lowest BCUT2D eigenvalue weighted by molar-refractivity contribution is 0.563. The molecule has 1 N–H and O–H groups in total. The molecule has 12 heavy (non-hydrogen) atoms. The van der Waals surface area contributed by atoms with Crippen molar-refractivity contribution in [1.82, 2.24) is 5.14 Å². The van der Waals surface area contributed by atoms with Gasteiger partial charge in [-0.25, -0.2) is 8.42 Å². The van der Waals surface area contributed by atoms with Crippen LogP contribution in [0.1, 0.15) is 32.6 Å². The fraction of sp³-hybridized carbons (Fsp3) is 0.750. The van der Waals surface area contributed by atoms with Crippen LogP contribution in [0.4, 0.5) is 0 Å². The topological polar surface area (TPSA) is 57.9 Å². The number of unbranched alkanes of at least 4 members (excludes halogenated alkanes) is 1. The Labute approximate surface area is 74.7 Å². The Kier molecular flexibility index (Phi) is 5.17. The number of hydrogen-bond acceptors (Lipinski definition) is 2. The molecule has 0 saturated carbocycles. The molecule has 1 radical (unpaired) electrons. The molecule has 4 heteroatoms. The maximum Gasteiger partial charge on any atom is 0.228 e. The smallest absolute Gasteiger partial charge is 0.211 e. The van der Waals surface area contributed by atoms with Crippen molar-refractivity contribution < 1.29 is 8.42 Å². The second kappa shape index (κ2) is 5.32. The Morgan fingerprint density at radius 1 is 1.58 bits per heavy atom. The first-order valence-electron chi connectivity index (χ1n) is 4.11. The van der Waals surface area contributed by atoms with Gasteiger partial charge in [-0.3, -0.25) is 0 Å². The van der Waals surface area contributed by atoms with Gasteiger partial charge in [0, 0.05) is 0 Å². The van der Waals surface area contributed by atoms with Crippen molar-refractivity contribution in [3.8, 4) is 0 Å². The first kappa shape index (κ1) is 11.6. The third-order valence-corrected chi connectivity index (χ3v) is 3.05. The molecule has 3 nitrogen and oxygen atoms in total. The lowest BCUT2D eigenvalue weighted by Gasteiger charge is -2.10. The van der Waals surface area contributed by atoms with E-state index >= 15 is 0 Å². The molecule has 0 spiro atoms. The number of allylic oxidation sites excluding steroid dienone is 1. The quantitative estimate of drug-likeness (QED) is 0.599. The zero-order chi connectivity index (χ0) is 9.61. The van der Waals surface area contributed by atoms with Gasteiger partial charge in [0.25, 0.3) is 0 Å². The lowest BCUT2D eigenvalue weighted by atomic mass is 10.1. The molecular formula is C8H16NO2S. The predicted molar refractivity (Wildman–Crippen MR) is 50.1 cm³/mol. The maximum atomic E-state index is 10.8. The number of nitrogens with one attached hydrogen (secondary N) is 1. The lowest BCUT2D eigenvalue weighted by Crippen LogP contribution is -2.21. The fourth-order valence-electron chi connectivity index (χ4n) is 1.02.